The van der Waals surface area contributed by atoms with Crippen LogP contribution in [0.4, 0.5) is 0 Å². The van der Waals surface area contributed by atoms with Crippen LogP contribution in [-0.4, -0.2) is 51.4 Å². The number of fused-ring (bicyclic) bond motifs is 1. The van der Waals surface area contributed by atoms with Gasteiger partial charge in [-0.2, -0.15) is 0 Å². The van der Waals surface area contributed by atoms with Crippen molar-refractivity contribution in [3.63, 3.8) is 0 Å². The minimum atomic E-state index is -3.27. The van der Waals surface area contributed by atoms with E-state index in [9.17, 15) is 13.2 Å². The van der Waals surface area contributed by atoms with Gasteiger partial charge in [0.1, 0.15) is 0 Å². The number of benzene rings is 1. The Morgan fingerprint density at radius 3 is 2.92 bits per heavy atom. The summed E-state index contributed by atoms with van der Waals surface area (Å²) < 4.78 is 35.7. The Kier molecular flexibility index (Phi) is 5.29. The second-order valence-electron chi connectivity index (χ2n) is 6.25. The third-order valence-corrected chi connectivity index (χ3v) is 5.00. The fourth-order valence-electron chi connectivity index (χ4n) is 3.03. The molecule has 1 N–H and O–H groups in total. The lowest BCUT2D eigenvalue weighted by atomic mass is 10.0. The molecule has 25 heavy (non-hydrogen) atoms. The summed E-state index contributed by atoms with van der Waals surface area (Å²) in [6, 6.07) is 5.38. The third-order valence-electron chi connectivity index (χ3n) is 4.31. The van der Waals surface area contributed by atoms with Crippen LogP contribution in [0.5, 0.6) is 11.5 Å². The van der Waals surface area contributed by atoms with E-state index in [-0.39, 0.29) is 25.3 Å². The molecule has 136 valence electrons. The van der Waals surface area contributed by atoms with E-state index < -0.39 is 10.0 Å². The third kappa shape index (κ3) is 4.73. The quantitative estimate of drug-likeness (QED) is 0.796. The normalized spacial score (nSPS) is 20.2. The lowest BCUT2D eigenvalue weighted by Gasteiger charge is -2.35. The van der Waals surface area contributed by atoms with Gasteiger partial charge in [0.05, 0.1) is 6.26 Å². The van der Waals surface area contributed by atoms with Crippen LogP contribution in [0.15, 0.2) is 24.3 Å². The average molecular weight is 366 g/mol. The van der Waals surface area contributed by atoms with E-state index in [4.69, 9.17) is 9.47 Å². The van der Waals surface area contributed by atoms with Crippen molar-refractivity contribution in [2.45, 2.75) is 25.3 Å². The van der Waals surface area contributed by atoms with Gasteiger partial charge in [-0.05, 0) is 43.0 Å². The van der Waals surface area contributed by atoms with Crippen LogP contribution >= 0.6 is 0 Å². The van der Waals surface area contributed by atoms with Gasteiger partial charge in [-0.1, -0.05) is 6.07 Å². The first-order valence-corrected chi connectivity index (χ1v) is 10.1. The highest BCUT2D eigenvalue weighted by Gasteiger charge is 2.26. The lowest BCUT2D eigenvalue weighted by molar-refractivity contribution is -0.129. The van der Waals surface area contributed by atoms with Crippen molar-refractivity contribution in [1.29, 1.82) is 0 Å². The zero-order chi connectivity index (χ0) is 17.9. The van der Waals surface area contributed by atoms with E-state index in [2.05, 4.69) is 4.72 Å². The highest BCUT2D eigenvalue weighted by atomic mass is 32.2. The van der Waals surface area contributed by atoms with E-state index in [0.29, 0.717) is 18.0 Å². The van der Waals surface area contributed by atoms with Gasteiger partial charge >= 0.3 is 0 Å². The molecule has 7 nitrogen and oxygen atoms in total. The Morgan fingerprint density at radius 1 is 1.32 bits per heavy atom. The van der Waals surface area contributed by atoms with Gasteiger partial charge in [0.2, 0.25) is 22.7 Å². The number of amides is 1. The summed E-state index contributed by atoms with van der Waals surface area (Å²) in [7, 11) is -3.27. The van der Waals surface area contributed by atoms with Crippen molar-refractivity contribution in [3.05, 3.63) is 29.8 Å². The summed E-state index contributed by atoms with van der Waals surface area (Å²) in [4.78, 5) is 14.3. The van der Waals surface area contributed by atoms with Crippen LogP contribution in [0.2, 0.25) is 0 Å². The van der Waals surface area contributed by atoms with Gasteiger partial charge in [0.15, 0.2) is 11.5 Å². The van der Waals surface area contributed by atoms with Crippen molar-refractivity contribution in [2.24, 2.45) is 0 Å². The monoisotopic (exact) mass is 366 g/mol. The van der Waals surface area contributed by atoms with Gasteiger partial charge in [0.25, 0.3) is 0 Å². The van der Waals surface area contributed by atoms with Crippen molar-refractivity contribution < 1.29 is 22.7 Å². The van der Waals surface area contributed by atoms with Crippen LogP contribution < -0.4 is 14.2 Å². The summed E-state index contributed by atoms with van der Waals surface area (Å²) in [5.41, 5.74) is 0.848. The highest BCUT2D eigenvalue weighted by molar-refractivity contribution is 7.88. The first-order valence-electron chi connectivity index (χ1n) is 8.25. The number of carbonyl (C=O) groups excluding carboxylic acids is 1. The minimum absolute atomic E-state index is 0.113. The summed E-state index contributed by atoms with van der Waals surface area (Å²) in [5.74, 6) is 1.26. The number of piperidine rings is 1. The Hall–Kier alpha value is -2.06. The number of carbonyl (C=O) groups is 1. The number of nitrogens with zero attached hydrogens (tertiary/aromatic N) is 1. The molecule has 1 aromatic carbocycles. The largest absolute Gasteiger partial charge is 0.454 e. The molecule has 0 radical (unpaired) electrons. The van der Waals surface area contributed by atoms with Gasteiger partial charge in [0, 0.05) is 25.2 Å². The van der Waals surface area contributed by atoms with E-state index in [1.54, 1.807) is 11.0 Å². The summed E-state index contributed by atoms with van der Waals surface area (Å²) in [6.45, 7) is 1.10. The number of sulfonamides is 1. The molecule has 2 aliphatic heterocycles. The number of ether oxygens (including phenoxy) is 2. The molecule has 3 rings (SSSR count). The molecular formula is C17H22N2O5S. The van der Waals surface area contributed by atoms with Gasteiger partial charge in [-0.15, -0.1) is 0 Å². The Morgan fingerprint density at radius 2 is 2.12 bits per heavy atom. The molecule has 1 saturated heterocycles. The van der Waals surface area contributed by atoms with Crippen LogP contribution in [-0.2, 0) is 14.8 Å². The smallest absolute Gasteiger partial charge is 0.246 e. The van der Waals surface area contributed by atoms with Gasteiger partial charge in [-0.3, -0.25) is 4.79 Å². The molecule has 1 amide bonds. The van der Waals surface area contributed by atoms with Crippen LogP contribution in [0, 0.1) is 0 Å². The molecule has 2 heterocycles. The molecule has 1 unspecified atom stereocenters. The summed E-state index contributed by atoms with van der Waals surface area (Å²) >= 11 is 0. The Bertz CT molecular complexity index is 775. The molecule has 2 aliphatic rings. The maximum Gasteiger partial charge on any atom is 0.246 e. The zero-order valence-corrected chi connectivity index (χ0v) is 14.9. The second-order valence-corrected chi connectivity index (χ2v) is 8.08. The van der Waals surface area contributed by atoms with E-state index in [1.165, 1.54) is 6.08 Å². The molecule has 1 aromatic rings. The van der Waals surface area contributed by atoms with Gasteiger partial charge in [-0.25, -0.2) is 13.1 Å². The van der Waals surface area contributed by atoms with Crippen LogP contribution in [0.25, 0.3) is 6.08 Å². The first-order chi connectivity index (χ1) is 11.9. The van der Waals surface area contributed by atoms with Crippen molar-refractivity contribution >= 4 is 22.0 Å². The minimum Gasteiger partial charge on any atom is -0.454 e. The molecule has 0 spiro atoms. The molecule has 0 bridgehead atoms. The molecular weight excluding hydrogens is 344 g/mol. The standard InChI is InChI=1S/C17H22N2O5S/c1-25(21,22)18-11-14-4-2-3-9-19(14)17(20)8-6-13-5-7-15-16(10-13)24-12-23-15/h5-8,10,14,18H,2-4,9,11-12H2,1H3/b8-6+. The Balaban J connectivity index is 1.65. The highest BCUT2D eigenvalue weighted by Crippen LogP contribution is 2.32. The number of hydrogen-bond acceptors (Lipinski definition) is 5. The van der Waals surface area contributed by atoms with Crippen molar-refractivity contribution in [1.82, 2.24) is 9.62 Å². The topological polar surface area (TPSA) is 84.9 Å². The predicted octanol–water partition coefficient (Wildman–Crippen LogP) is 1.36. The zero-order valence-electron chi connectivity index (χ0n) is 14.1. The fourth-order valence-corrected chi connectivity index (χ4v) is 3.53. The van der Waals surface area contributed by atoms with Crippen LogP contribution in [0.3, 0.4) is 0 Å². The molecule has 1 atom stereocenters. The number of rotatable bonds is 5. The summed E-state index contributed by atoms with van der Waals surface area (Å²) in [6.07, 6.45) is 7.11. The molecule has 1 fully saturated rings. The Labute approximate surface area is 147 Å². The maximum absolute atomic E-state index is 12.5. The first kappa shape index (κ1) is 17.8. The van der Waals surface area contributed by atoms with Crippen LogP contribution in [0.1, 0.15) is 24.8 Å². The second kappa shape index (κ2) is 7.45. The molecule has 0 aliphatic carbocycles. The van der Waals surface area contributed by atoms with Crippen molar-refractivity contribution in [2.75, 3.05) is 26.1 Å². The molecule has 0 saturated carbocycles. The fraction of sp³-hybridized carbons (Fsp3) is 0.471. The summed E-state index contributed by atoms with van der Waals surface area (Å²) in [5, 5.41) is 0. The predicted molar refractivity (Wildman–Crippen MR) is 93.8 cm³/mol. The van der Waals surface area contributed by atoms with Gasteiger partial charge < -0.3 is 14.4 Å². The average Bonchev–Trinajstić information content (AvgIpc) is 3.05. The molecule has 8 heteroatoms. The number of hydrogen-bond donors (Lipinski definition) is 1. The van der Waals surface area contributed by atoms with Crippen molar-refractivity contribution in [3.8, 4) is 11.5 Å². The number of likely N-dealkylation sites (tertiary alicyclic amines) is 1. The SMILES string of the molecule is CS(=O)(=O)NCC1CCCCN1C(=O)/C=C/c1ccc2c(c1)OCO2. The van der Waals surface area contributed by atoms with E-state index in [1.807, 2.05) is 18.2 Å². The maximum atomic E-state index is 12.5. The number of nitrogens with one attached hydrogen (secondary N) is 1. The van der Waals surface area contributed by atoms with E-state index >= 15 is 0 Å². The van der Waals surface area contributed by atoms with E-state index in [0.717, 1.165) is 31.1 Å². The molecule has 0 aromatic heterocycles. The lowest BCUT2D eigenvalue weighted by Crippen LogP contribution is -2.48.